The smallest absolute Gasteiger partial charge is 0.267 e. The molecular weight excluding hydrogens is 374 g/mol. The number of H-pyrrole nitrogens is 1. The number of pyridine rings is 1. The van der Waals surface area contributed by atoms with Crippen molar-refractivity contribution in [2.75, 3.05) is 0 Å². The van der Waals surface area contributed by atoms with E-state index in [4.69, 9.17) is 0 Å². The first-order valence-corrected chi connectivity index (χ1v) is 9.40. The topological polar surface area (TPSA) is 87.4 Å². The molecular formula is C24H15N5O. The van der Waals surface area contributed by atoms with E-state index in [2.05, 4.69) is 21.4 Å². The number of nitrogens with one attached hydrogen (secondary N) is 1. The molecule has 2 aromatic heterocycles. The lowest BCUT2D eigenvalue weighted by Gasteiger charge is -2.17. The summed E-state index contributed by atoms with van der Waals surface area (Å²) in [5.74, 6) is 0. The van der Waals surface area contributed by atoms with Crippen LogP contribution >= 0.6 is 0 Å². The van der Waals surface area contributed by atoms with E-state index in [1.54, 1.807) is 4.68 Å². The molecule has 6 heteroatoms. The van der Waals surface area contributed by atoms with Crippen LogP contribution in [-0.4, -0.2) is 20.0 Å². The maximum absolute atomic E-state index is 12.9. The summed E-state index contributed by atoms with van der Waals surface area (Å²) in [6.45, 7) is 0. The lowest BCUT2D eigenvalue weighted by atomic mass is 9.96. The number of fused-ring (bicyclic) bond motifs is 1. The van der Waals surface area contributed by atoms with Crippen molar-refractivity contribution in [2.24, 2.45) is 0 Å². The van der Waals surface area contributed by atoms with Gasteiger partial charge in [-0.2, -0.15) is 5.26 Å². The minimum Gasteiger partial charge on any atom is -0.319 e. The zero-order chi connectivity index (χ0) is 20.5. The molecule has 1 N–H and O–H groups in total. The third-order valence-electron chi connectivity index (χ3n) is 4.99. The third kappa shape index (κ3) is 2.77. The molecule has 0 fully saturated rings. The summed E-state index contributed by atoms with van der Waals surface area (Å²) in [5, 5.41) is 18.5. The van der Waals surface area contributed by atoms with E-state index in [-0.39, 0.29) is 5.56 Å². The number of benzene rings is 3. The summed E-state index contributed by atoms with van der Waals surface area (Å²) in [5.41, 5.74) is 4.38. The highest BCUT2D eigenvalue weighted by Gasteiger charge is 2.23. The largest absolute Gasteiger partial charge is 0.319 e. The Labute approximate surface area is 171 Å². The third-order valence-corrected chi connectivity index (χ3v) is 4.99. The van der Waals surface area contributed by atoms with Gasteiger partial charge in [0.05, 0.1) is 11.2 Å². The van der Waals surface area contributed by atoms with E-state index in [1.807, 2.05) is 84.9 Å². The molecule has 0 saturated heterocycles. The van der Waals surface area contributed by atoms with Crippen LogP contribution in [0.1, 0.15) is 5.56 Å². The second-order valence-corrected chi connectivity index (χ2v) is 6.76. The van der Waals surface area contributed by atoms with E-state index in [0.717, 1.165) is 22.2 Å². The van der Waals surface area contributed by atoms with Crippen LogP contribution in [0.2, 0.25) is 0 Å². The van der Waals surface area contributed by atoms with Gasteiger partial charge in [0.25, 0.3) is 5.56 Å². The molecule has 30 heavy (non-hydrogen) atoms. The van der Waals surface area contributed by atoms with Crippen LogP contribution in [0.25, 0.3) is 39.1 Å². The Bertz CT molecular complexity index is 1460. The fraction of sp³-hybridized carbons (Fsp3) is 0. The first kappa shape index (κ1) is 17.6. The van der Waals surface area contributed by atoms with Crippen molar-refractivity contribution in [3.8, 4) is 34.1 Å². The van der Waals surface area contributed by atoms with Gasteiger partial charge in [-0.3, -0.25) is 4.79 Å². The molecule has 3 aromatic carbocycles. The van der Waals surface area contributed by atoms with Gasteiger partial charge in [-0.05, 0) is 17.7 Å². The summed E-state index contributed by atoms with van der Waals surface area (Å²) in [6.07, 6.45) is 0. The number of nitrogens with zero attached hydrogens (tertiary/aromatic N) is 4. The molecule has 0 unspecified atom stereocenters. The minimum atomic E-state index is -0.441. The van der Waals surface area contributed by atoms with Crippen LogP contribution in [0, 0.1) is 11.3 Å². The Morgan fingerprint density at radius 2 is 1.47 bits per heavy atom. The van der Waals surface area contributed by atoms with E-state index in [9.17, 15) is 10.1 Å². The van der Waals surface area contributed by atoms with Crippen LogP contribution in [0.3, 0.4) is 0 Å². The van der Waals surface area contributed by atoms with Crippen LogP contribution in [-0.2, 0) is 0 Å². The van der Waals surface area contributed by atoms with Crippen LogP contribution in [0.4, 0.5) is 0 Å². The van der Waals surface area contributed by atoms with E-state index in [1.165, 1.54) is 0 Å². The van der Waals surface area contributed by atoms with Crippen LogP contribution in [0.5, 0.6) is 0 Å². The van der Waals surface area contributed by atoms with Gasteiger partial charge >= 0.3 is 0 Å². The quantitative estimate of drug-likeness (QED) is 0.498. The Hall–Kier alpha value is -4.50. The molecule has 5 aromatic rings. The SMILES string of the molecule is N#Cc1c(-c2ccccc2)c(-n2nnc3ccccc32)c(-c2ccccc2)[nH]c1=O. The standard InChI is InChI=1S/C24H15N5O/c25-15-18-21(16-9-3-1-4-10-16)23(29-20-14-8-7-13-19(20)27-28-29)22(26-24(18)30)17-11-5-2-6-12-17/h1-14H,(H,26,30). The second-order valence-electron chi connectivity index (χ2n) is 6.76. The maximum atomic E-state index is 12.9. The Balaban J connectivity index is 1.99. The van der Waals surface area contributed by atoms with Crippen molar-refractivity contribution in [1.29, 1.82) is 5.26 Å². The lowest BCUT2D eigenvalue weighted by Crippen LogP contribution is -2.17. The average Bonchev–Trinajstić information content (AvgIpc) is 3.23. The maximum Gasteiger partial charge on any atom is 0.267 e. The predicted molar refractivity (Wildman–Crippen MR) is 115 cm³/mol. The van der Waals surface area contributed by atoms with Crippen LogP contribution in [0.15, 0.2) is 89.7 Å². The van der Waals surface area contributed by atoms with Gasteiger partial charge in [-0.15, -0.1) is 5.10 Å². The van der Waals surface area contributed by atoms with Gasteiger partial charge in [0.2, 0.25) is 0 Å². The van der Waals surface area contributed by atoms with Crippen molar-refractivity contribution < 1.29 is 0 Å². The summed E-state index contributed by atoms with van der Waals surface area (Å²) in [7, 11) is 0. The number of aromatic nitrogens is 4. The number of aromatic amines is 1. The zero-order valence-corrected chi connectivity index (χ0v) is 15.8. The fourth-order valence-electron chi connectivity index (χ4n) is 3.64. The van der Waals surface area contributed by atoms with Crippen molar-refractivity contribution in [3.05, 3.63) is 101 Å². The highest BCUT2D eigenvalue weighted by atomic mass is 16.1. The van der Waals surface area contributed by atoms with Crippen LogP contribution < -0.4 is 5.56 Å². The Morgan fingerprint density at radius 1 is 0.833 bits per heavy atom. The monoisotopic (exact) mass is 389 g/mol. The van der Waals surface area contributed by atoms with Gasteiger partial charge in [0.15, 0.2) is 0 Å². The number of rotatable bonds is 3. The normalized spacial score (nSPS) is 10.8. The predicted octanol–water partition coefficient (Wildman–Crippen LogP) is 4.31. The average molecular weight is 389 g/mol. The molecule has 0 spiro atoms. The molecule has 0 aliphatic heterocycles. The Morgan fingerprint density at radius 3 is 2.17 bits per heavy atom. The fourth-order valence-corrected chi connectivity index (χ4v) is 3.64. The highest BCUT2D eigenvalue weighted by Crippen LogP contribution is 2.35. The summed E-state index contributed by atoms with van der Waals surface area (Å²) >= 11 is 0. The number of hydrogen-bond donors (Lipinski definition) is 1. The summed E-state index contributed by atoms with van der Waals surface area (Å²) in [4.78, 5) is 15.8. The molecule has 0 bridgehead atoms. The molecule has 6 nitrogen and oxygen atoms in total. The summed E-state index contributed by atoms with van der Waals surface area (Å²) < 4.78 is 1.69. The van der Waals surface area contributed by atoms with Crippen molar-refractivity contribution in [2.45, 2.75) is 0 Å². The Kier molecular flexibility index (Phi) is 4.19. The molecule has 5 rings (SSSR count). The molecule has 0 aliphatic carbocycles. The second kappa shape index (κ2) is 7.15. The number of para-hydroxylation sites is 1. The molecule has 0 atom stereocenters. The van der Waals surface area contributed by atoms with E-state index in [0.29, 0.717) is 16.9 Å². The molecule has 2 heterocycles. The summed E-state index contributed by atoms with van der Waals surface area (Å²) in [6, 6.07) is 28.6. The molecule has 0 radical (unpaired) electrons. The van der Waals surface area contributed by atoms with Gasteiger partial charge in [0, 0.05) is 11.1 Å². The zero-order valence-electron chi connectivity index (χ0n) is 15.8. The van der Waals surface area contributed by atoms with E-state index >= 15 is 0 Å². The molecule has 142 valence electrons. The van der Waals surface area contributed by atoms with Gasteiger partial charge in [-0.25, -0.2) is 4.68 Å². The molecule has 0 amide bonds. The molecule has 0 saturated carbocycles. The highest BCUT2D eigenvalue weighted by molar-refractivity contribution is 5.89. The van der Waals surface area contributed by atoms with E-state index < -0.39 is 5.56 Å². The van der Waals surface area contributed by atoms with Gasteiger partial charge < -0.3 is 4.98 Å². The van der Waals surface area contributed by atoms with Crippen molar-refractivity contribution in [3.63, 3.8) is 0 Å². The van der Waals surface area contributed by atoms with Gasteiger partial charge in [0.1, 0.15) is 22.8 Å². The van der Waals surface area contributed by atoms with Gasteiger partial charge in [-0.1, -0.05) is 78.0 Å². The van der Waals surface area contributed by atoms with Crippen molar-refractivity contribution >= 4 is 11.0 Å². The lowest BCUT2D eigenvalue weighted by molar-refractivity contribution is 0.821. The minimum absolute atomic E-state index is 0.0375. The first-order valence-electron chi connectivity index (χ1n) is 9.40. The van der Waals surface area contributed by atoms with Crippen molar-refractivity contribution in [1.82, 2.24) is 20.0 Å². The number of hydrogen-bond acceptors (Lipinski definition) is 4. The first-order chi connectivity index (χ1) is 14.8. The number of nitriles is 1. The molecule has 0 aliphatic rings.